The van der Waals surface area contributed by atoms with Gasteiger partial charge in [-0.15, -0.1) is 0 Å². The van der Waals surface area contributed by atoms with Gasteiger partial charge in [0.05, 0.1) is 6.54 Å². The van der Waals surface area contributed by atoms with Gasteiger partial charge >= 0.3 is 0 Å². The van der Waals surface area contributed by atoms with E-state index in [0.29, 0.717) is 5.56 Å². The van der Waals surface area contributed by atoms with E-state index in [0.717, 1.165) is 4.31 Å². The van der Waals surface area contributed by atoms with Crippen molar-refractivity contribution in [1.82, 2.24) is 14.6 Å². The number of amides is 2. The number of rotatable bonds is 7. The van der Waals surface area contributed by atoms with E-state index in [1.807, 2.05) is 0 Å². The zero-order chi connectivity index (χ0) is 18.4. The van der Waals surface area contributed by atoms with E-state index in [4.69, 9.17) is 5.73 Å². The van der Waals surface area contributed by atoms with Gasteiger partial charge in [-0.05, 0) is 17.7 Å². The Morgan fingerprint density at radius 2 is 1.88 bits per heavy atom. The number of hydrogen-bond donors (Lipinski definition) is 2. The first-order valence-corrected chi connectivity index (χ1v) is 8.76. The minimum absolute atomic E-state index is 0.0280. The molecule has 2 rings (SSSR count). The molecular weight excluding hydrogens is 344 g/mol. The van der Waals surface area contributed by atoms with Gasteiger partial charge in [-0.2, -0.15) is 4.31 Å². The van der Waals surface area contributed by atoms with Crippen molar-refractivity contribution in [2.45, 2.75) is 10.9 Å². The number of likely N-dealkylation sites (N-methyl/N-ethyl adjacent to an activating group) is 1. The average molecular weight is 362 g/mol. The third-order valence-corrected chi connectivity index (χ3v) is 5.22. The van der Waals surface area contributed by atoms with Crippen LogP contribution in [0.5, 0.6) is 0 Å². The molecule has 0 saturated carbocycles. The largest absolute Gasteiger partial charge is 0.368 e. The highest BCUT2D eigenvalue weighted by molar-refractivity contribution is 7.89. The van der Waals surface area contributed by atoms with E-state index in [9.17, 15) is 18.0 Å². The standard InChI is InChI=1S/C16H18N4O4S/c1-20(25(23,24)13-8-5-9-18-10-13)11-14(21)19-15(16(17)22)12-6-3-2-4-7-12/h2-10,15H,11H2,1H3,(H2,17,22)(H,19,21). The summed E-state index contributed by atoms with van der Waals surface area (Å²) in [6, 6.07) is 10.3. The molecule has 0 bridgehead atoms. The number of nitrogens with zero attached hydrogens (tertiary/aromatic N) is 2. The average Bonchev–Trinajstić information content (AvgIpc) is 2.60. The second kappa shape index (κ2) is 7.86. The molecule has 0 fully saturated rings. The van der Waals surface area contributed by atoms with Crippen molar-refractivity contribution in [3.05, 3.63) is 60.4 Å². The molecule has 0 spiro atoms. The molecule has 1 aromatic carbocycles. The number of pyridine rings is 1. The molecule has 0 aliphatic carbocycles. The molecule has 0 radical (unpaired) electrons. The quantitative estimate of drug-likeness (QED) is 0.720. The lowest BCUT2D eigenvalue weighted by Crippen LogP contribution is -2.43. The first-order chi connectivity index (χ1) is 11.8. The van der Waals surface area contributed by atoms with E-state index in [-0.39, 0.29) is 4.90 Å². The third kappa shape index (κ3) is 4.61. The van der Waals surface area contributed by atoms with Crippen LogP contribution in [-0.2, 0) is 19.6 Å². The van der Waals surface area contributed by atoms with Crippen molar-refractivity contribution < 1.29 is 18.0 Å². The maximum atomic E-state index is 12.4. The Labute approximate surface area is 145 Å². The van der Waals surface area contributed by atoms with Gasteiger partial charge in [0.1, 0.15) is 10.9 Å². The normalized spacial score (nSPS) is 12.6. The molecule has 0 aliphatic heterocycles. The first kappa shape index (κ1) is 18.6. The maximum Gasteiger partial charge on any atom is 0.244 e. The van der Waals surface area contributed by atoms with Crippen LogP contribution in [0, 0.1) is 0 Å². The Balaban J connectivity index is 2.09. The van der Waals surface area contributed by atoms with E-state index >= 15 is 0 Å². The maximum absolute atomic E-state index is 12.4. The molecule has 8 nitrogen and oxygen atoms in total. The highest BCUT2D eigenvalue weighted by Crippen LogP contribution is 2.14. The van der Waals surface area contributed by atoms with Crippen molar-refractivity contribution in [3.8, 4) is 0 Å². The minimum atomic E-state index is -3.86. The van der Waals surface area contributed by atoms with Crippen molar-refractivity contribution in [2.24, 2.45) is 5.73 Å². The molecular formula is C16H18N4O4S. The van der Waals surface area contributed by atoms with Crippen molar-refractivity contribution in [1.29, 1.82) is 0 Å². The van der Waals surface area contributed by atoms with Gasteiger partial charge in [0.25, 0.3) is 0 Å². The lowest BCUT2D eigenvalue weighted by Gasteiger charge is -2.20. The van der Waals surface area contributed by atoms with Crippen molar-refractivity contribution in [2.75, 3.05) is 13.6 Å². The smallest absolute Gasteiger partial charge is 0.244 e. The van der Waals surface area contributed by atoms with Crippen LogP contribution >= 0.6 is 0 Å². The summed E-state index contributed by atoms with van der Waals surface area (Å²) in [5.41, 5.74) is 5.85. The molecule has 1 unspecified atom stereocenters. The van der Waals surface area contributed by atoms with Gasteiger partial charge < -0.3 is 11.1 Å². The summed E-state index contributed by atoms with van der Waals surface area (Å²) in [6.07, 6.45) is 2.64. The number of benzene rings is 1. The van der Waals surface area contributed by atoms with Crippen molar-refractivity contribution >= 4 is 21.8 Å². The Bertz CT molecular complexity index is 841. The summed E-state index contributed by atoms with van der Waals surface area (Å²) in [5, 5.41) is 2.45. The van der Waals surface area contributed by atoms with Gasteiger partial charge in [-0.1, -0.05) is 30.3 Å². The Morgan fingerprint density at radius 3 is 2.44 bits per heavy atom. The van der Waals surface area contributed by atoms with Crippen LogP contribution in [0.15, 0.2) is 59.8 Å². The fourth-order valence-corrected chi connectivity index (χ4v) is 3.23. The van der Waals surface area contributed by atoms with Crippen molar-refractivity contribution in [3.63, 3.8) is 0 Å². The SMILES string of the molecule is CN(CC(=O)NC(C(N)=O)c1ccccc1)S(=O)(=O)c1cccnc1. The first-order valence-electron chi connectivity index (χ1n) is 7.32. The van der Waals surface area contributed by atoms with Crippen LogP contribution in [-0.4, -0.2) is 43.1 Å². The number of sulfonamides is 1. The number of carbonyl (C=O) groups excluding carboxylic acids is 2. The Hall–Kier alpha value is -2.78. The van der Waals surface area contributed by atoms with Crippen LogP contribution in [0.3, 0.4) is 0 Å². The lowest BCUT2D eigenvalue weighted by atomic mass is 10.1. The van der Waals surface area contributed by atoms with Crippen LogP contribution in [0.4, 0.5) is 0 Å². The second-order valence-electron chi connectivity index (χ2n) is 5.26. The zero-order valence-corrected chi connectivity index (χ0v) is 14.3. The summed E-state index contributed by atoms with van der Waals surface area (Å²) >= 11 is 0. The molecule has 0 saturated heterocycles. The van der Waals surface area contributed by atoms with Gasteiger partial charge in [-0.25, -0.2) is 8.42 Å². The molecule has 1 heterocycles. The Morgan fingerprint density at radius 1 is 1.20 bits per heavy atom. The molecule has 0 aliphatic rings. The summed E-state index contributed by atoms with van der Waals surface area (Å²) in [7, 11) is -2.59. The fourth-order valence-electron chi connectivity index (χ4n) is 2.14. The predicted molar refractivity (Wildman–Crippen MR) is 90.6 cm³/mol. The van der Waals surface area contributed by atoms with Gasteiger partial charge in [-0.3, -0.25) is 14.6 Å². The van der Waals surface area contributed by atoms with Gasteiger partial charge in [0.15, 0.2) is 0 Å². The molecule has 2 aromatic rings. The van der Waals surface area contributed by atoms with Gasteiger partial charge in [0.2, 0.25) is 21.8 Å². The van der Waals surface area contributed by atoms with E-state index in [1.54, 1.807) is 30.3 Å². The number of primary amides is 1. The van der Waals surface area contributed by atoms with E-state index in [2.05, 4.69) is 10.3 Å². The van der Waals surface area contributed by atoms with E-state index < -0.39 is 34.4 Å². The second-order valence-corrected chi connectivity index (χ2v) is 7.31. The molecule has 1 atom stereocenters. The number of nitrogens with one attached hydrogen (secondary N) is 1. The highest BCUT2D eigenvalue weighted by Gasteiger charge is 2.25. The zero-order valence-electron chi connectivity index (χ0n) is 13.5. The van der Waals surface area contributed by atoms with Crippen LogP contribution in [0.25, 0.3) is 0 Å². The highest BCUT2D eigenvalue weighted by atomic mass is 32.2. The topological polar surface area (TPSA) is 122 Å². The fraction of sp³-hybridized carbons (Fsp3) is 0.188. The molecule has 2 amide bonds. The number of hydrogen-bond acceptors (Lipinski definition) is 5. The molecule has 25 heavy (non-hydrogen) atoms. The van der Waals surface area contributed by atoms with Crippen LogP contribution in [0.2, 0.25) is 0 Å². The molecule has 9 heteroatoms. The summed E-state index contributed by atoms with van der Waals surface area (Å²) < 4.78 is 25.6. The lowest BCUT2D eigenvalue weighted by molar-refractivity contribution is -0.127. The van der Waals surface area contributed by atoms with Gasteiger partial charge in [0, 0.05) is 19.4 Å². The molecule has 1 aromatic heterocycles. The monoisotopic (exact) mass is 362 g/mol. The summed E-state index contributed by atoms with van der Waals surface area (Å²) in [6.45, 7) is -0.464. The number of aromatic nitrogens is 1. The molecule has 3 N–H and O–H groups in total. The molecule has 132 valence electrons. The van der Waals surface area contributed by atoms with E-state index in [1.165, 1.54) is 31.6 Å². The van der Waals surface area contributed by atoms with Crippen LogP contribution in [0.1, 0.15) is 11.6 Å². The third-order valence-electron chi connectivity index (χ3n) is 3.43. The van der Waals surface area contributed by atoms with Crippen LogP contribution < -0.4 is 11.1 Å². The number of nitrogens with two attached hydrogens (primary N) is 1. The minimum Gasteiger partial charge on any atom is -0.368 e. The summed E-state index contributed by atoms with van der Waals surface area (Å²) in [5.74, 6) is -1.39. The Kier molecular flexibility index (Phi) is 5.84. The summed E-state index contributed by atoms with van der Waals surface area (Å²) in [4.78, 5) is 27.5. The number of carbonyl (C=O) groups is 2. The predicted octanol–water partition coefficient (Wildman–Crippen LogP) is 0.0449.